The smallest absolute Gasteiger partial charge is 0.222 e. The van der Waals surface area contributed by atoms with Crippen LogP contribution in [0.2, 0.25) is 0 Å². The van der Waals surface area contributed by atoms with Gasteiger partial charge in [0.2, 0.25) is 5.91 Å². The highest BCUT2D eigenvalue weighted by Gasteiger charge is 2.22. The van der Waals surface area contributed by atoms with Gasteiger partial charge in [0.15, 0.2) is 5.75 Å². The van der Waals surface area contributed by atoms with Crippen LogP contribution in [0.4, 0.5) is 11.5 Å². The summed E-state index contributed by atoms with van der Waals surface area (Å²) < 4.78 is 22.8. The SMILES string of the molecule is COc1ccc(Nc2ccc(Oc3ccc(S(C)=O)nc3)c(CN3CCCC3=O)n2)cc1. The van der Waals surface area contributed by atoms with Crippen molar-refractivity contribution in [3.8, 4) is 17.2 Å². The summed E-state index contributed by atoms with van der Waals surface area (Å²) >= 11 is 0. The third-order valence-electron chi connectivity index (χ3n) is 5.04. The van der Waals surface area contributed by atoms with Crippen molar-refractivity contribution in [3.05, 3.63) is 60.4 Å². The monoisotopic (exact) mass is 452 g/mol. The van der Waals surface area contributed by atoms with E-state index in [2.05, 4.69) is 10.3 Å². The predicted molar refractivity (Wildman–Crippen MR) is 122 cm³/mol. The van der Waals surface area contributed by atoms with Gasteiger partial charge in [0.25, 0.3) is 0 Å². The Bertz CT molecular complexity index is 1120. The first kappa shape index (κ1) is 21.8. The number of nitrogens with zero attached hydrogens (tertiary/aromatic N) is 3. The Morgan fingerprint density at radius 2 is 1.88 bits per heavy atom. The van der Waals surface area contributed by atoms with Crippen molar-refractivity contribution in [2.24, 2.45) is 0 Å². The quantitative estimate of drug-likeness (QED) is 0.554. The van der Waals surface area contributed by atoms with E-state index in [9.17, 15) is 9.00 Å². The van der Waals surface area contributed by atoms with E-state index in [1.807, 2.05) is 36.4 Å². The number of amides is 1. The van der Waals surface area contributed by atoms with Crippen LogP contribution in [0.25, 0.3) is 0 Å². The first-order valence-electron chi connectivity index (χ1n) is 10.2. The largest absolute Gasteiger partial charge is 0.497 e. The molecule has 0 saturated carbocycles. The molecule has 1 unspecified atom stereocenters. The number of nitrogens with one attached hydrogen (secondary N) is 1. The highest BCUT2D eigenvalue weighted by atomic mass is 32.2. The van der Waals surface area contributed by atoms with Crippen molar-refractivity contribution in [2.75, 3.05) is 25.2 Å². The molecule has 1 atom stereocenters. The molecule has 1 fully saturated rings. The van der Waals surface area contributed by atoms with Gasteiger partial charge in [-0.25, -0.2) is 9.97 Å². The summed E-state index contributed by atoms with van der Waals surface area (Å²) in [4.78, 5) is 22.9. The van der Waals surface area contributed by atoms with E-state index in [1.54, 1.807) is 30.4 Å². The minimum Gasteiger partial charge on any atom is -0.497 e. The molecule has 0 radical (unpaired) electrons. The van der Waals surface area contributed by atoms with Gasteiger partial charge in [-0.1, -0.05) is 0 Å². The number of likely N-dealkylation sites (tertiary alicyclic amines) is 1. The lowest BCUT2D eigenvalue weighted by atomic mass is 10.2. The fraction of sp³-hybridized carbons (Fsp3) is 0.261. The molecule has 0 spiro atoms. The molecule has 1 aromatic carbocycles. The summed E-state index contributed by atoms with van der Waals surface area (Å²) in [5, 5.41) is 3.75. The molecule has 4 rings (SSSR count). The second kappa shape index (κ2) is 9.78. The molecule has 3 heterocycles. The first-order chi connectivity index (χ1) is 15.5. The molecule has 9 heteroatoms. The lowest BCUT2D eigenvalue weighted by Crippen LogP contribution is -2.24. The molecule has 1 amide bonds. The highest BCUT2D eigenvalue weighted by molar-refractivity contribution is 7.84. The van der Waals surface area contributed by atoms with Crippen molar-refractivity contribution in [1.82, 2.24) is 14.9 Å². The van der Waals surface area contributed by atoms with Crippen LogP contribution in [0.5, 0.6) is 17.2 Å². The average Bonchev–Trinajstić information content (AvgIpc) is 3.20. The molecule has 8 nitrogen and oxygen atoms in total. The van der Waals surface area contributed by atoms with E-state index in [0.717, 1.165) is 17.9 Å². The highest BCUT2D eigenvalue weighted by Crippen LogP contribution is 2.29. The molecular weight excluding hydrogens is 428 g/mol. The topological polar surface area (TPSA) is 93.7 Å². The van der Waals surface area contributed by atoms with E-state index in [4.69, 9.17) is 14.5 Å². The van der Waals surface area contributed by atoms with Gasteiger partial charge in [0, 0.05) is 24.9 Å². The van der Waals surface area contributed by atoms with E-state index in [-0.39, 0.29) is 5.91 Å². The second-order valence-corrected chi connectivity index (χ2v) is 8.63. The summed E-state index contributed by atoms with van der Waals surface area (Å²) in [6.07, 6.45) is 4.51. The fourth-order valence-corrected chi connectivity index (χ4v) is 3.82. The number of hydrogen-bond donors (Lipinski definition) is 1. The van der Waals surface area contributed by atoms with Crippen LogP contribution >= 0.6 is 0 Å². The molecule has 2 aromatic heterocycles. The van der Waals surface area contributed by atoms with Crippen molar-refractivity contribution < 1.29 is 18.5 Å². The van der Waals surface area contributed by atoms with Gasteiger partial charge in [0.1, 0.15) is 28.0 Å². The maximum absolute atomic E-state index is 12.2. The number of pyridine rings is 2. The Kier molecular flexibility index (Phi) is 6.65. The van der Waals surface area contributed by atoms with Crippen LogP contribution in [-0.2, 0) is 22.1 Å². The van der Waals surface area contributed by atoms with Crippen LogP contribution in [0.3, 0.4) is 0 Å². The van der Waals surface area contributed by atoms with Crippen molar-refractivity contribution in [3.63, 3.8) is 0 Å². The lowest BCUT2D eigenvalue weighted by molar-refractivity contribution is -0.128. The normalized spacial score (nSPS) is 14.3. The standard InChI is InChI=1S/C23H24N4O4S/c1-30-17-7-5-16(6-8-17)25-21-11-10-20(19(26-21)15-27-13-3-4-23(27)28)31-18-9-12-22(24-14-18)32(2)29/h5-12,14H,3-4,13,15H2,1-2H3,(H,25,26). The number of anilines is 2. The molecule has 0 aliphatic carbocycles. The molecule has 3 aromatic rings. The number of ether oxygens (including phenoxy) is 2. The maximum atomic E-state index is 12.2. The predicted octanol–water partition coefficient (Wildman–Crippen LogP) is 3.88. The van der Waals surface area contributed by atoms with Gasteiger partial charge >= 0.3 is 0 Å². The Morgan fingerprint density at radius 1 is 1.09 bits per heavy atom. The molecule has 0 bridgehead atoms. The van der Waals surface area contributed by atoms with Gasteiger partial charge in [-0.2, -0.15) is 0 Å². The van der Waals surface area contributed by atoms with E-state index in [0.29, 0.717) is 47.5 Å². The van der Waals surface area contributed by atoms with E-state index in [1.165, 1.54) is 6.20 Å². The van der Waals surface area contributed by atoms with Gasteiger partial charge in [-0.15, -0.1) is 0 Å². The van der Waals surface area contributed by atoms with Crippen LogP contribution in [0.15, 0.2) is 59.8 Å². The van der Waals surface area contributed by atoms with Crippen LogP contribution < -0.4 is 14.8 Å². The third kappa shape index (κ3) is 5.23. The molecule has 32 heavy (non-hydrogen) atoms. The van der Waals surface area contributed by atoms with E-state index < -0.39 is 10.8 Å². The zero-order valence-corrected chi connectivity index (χ0v) is 18.7. The summed E-state index contributed by atoms with van der Waals surface area (Å²) in [5.41, 5.74) is 1.50. The first-order valence-corrected chi connectivity index (χ1v) is 11.7. The van der Waals surface area contributed by atoms with Gasteiger partial charge in [-0.05, 0) is 55.0 Å². The minimum absolute atomic E-state index is 0.114. The van der Waals surface area contributed by atoms with Gasteiger partial charge in [-0.3, -0.25) is 9.00 Å². The summed E-state index contributed by atoms with van der Waals surface area (Å²) in [6.45, 7) is 1.06. The van der Waals surface area contributed by atoms with Crippen LogP contribution in [-0.4, -0.2) is 44.9 Å². The zero-order valence-electron chi connectivity index (χ0n) is 17.9. The molecule has 1 aliphatic rings. The Balaban J connectivity index is 1.58. The number of aromatic nitrogens is 2. The summed E-state index contributed by atoms with van der Waals surface area (Å²) in [7, 11) is 0.465. The third-order valence-corrected chi connectivity index (χ3v) is 5.87. The number of benzene rings is 1. The molecule has 1 saturated heterocycles. The Morgan fingerprint density at radius 3 is 2.50 bits per heavy atom. The molecule has 1 aliphatic heterocycles. The van der Waals surface area contributed by atoms with Gasteiger partial charge in [0.05, 0.1) is 30.7 Å². The zero-order chi connectivity index (χ0) is 22.5. The van der Waals surface area contributed by atoms with Crippen molar-refractivity contribution >= 4 is 28.2 Å². The van der Waals surface area contributed by atoms with E-state index >= 15 is 0 Å². The van der Waals surface area contributed by atoms with Crippen LogP contribution in [0, 0.1) is 0 Å². The molecular formula is C23H24N4O4S. The van der Waals surface area contributed by atoms with Crippen LogP contribution in [0.1, 0.15) is 18.5 Å². The molecule has 166 valence electrons. The van der Waals surface area contributed by atoms with Gasteiger partial charge < -0.3 is 19.7 Å². The number of hydrogen-bond acceptors (Lipinski definition) is 7. The summed E-state index contributed by atoms with van der Waals surface area (Å²) in [6, 6.07) is 14.6. The Hall–Kier alpha value is -3.46. The number of rotatable bonds is 8. The lowest BCUT2D eigenvalue weighted by Gasteiger charge is -2.18. The van der Waals surface area contributed by atoms with Crippen molar-refractivity contribution in [1.29, 1.82) is 0 Å². The number of carbonyl (C=O) groups is 1. The number of methoxy groups -OCH3 is 1. The Labute approximate surface area is 189 Å². The molecule has 1 N–H and O–H groups in total. The fourth-order valence-electron chi connectivity index (χ4n) is 3.36. The van der Waals surface area contributed by atoms with Crippen molar-refractivity contribution in [2.45, 2.75) is 24.4 Å². The second-order valence-electron chi connectivity index (χ2n) is 7.30. The summed E-state index contributed by atoms with van der Waals surface area (Å²) in [5.74, 6) is 2.57. The number of carbonyl (C=O) groups excluding carboxylic acids is 1. The maximum Gasteiger partial charge on any atom is 0.222 e. The minimum atomic E-state index is -1.16. The average molecular weight is 453 g/mol.